The molecule has 0 heterocycles. The summed E-state index contributed by atoms with van der Waals surface area (Å²) in [6.07, 6.45) is 0. The molecule has 0 aliphatic rings. The van der Waals surface area contributed by atoms with Crippen molar-refractivity contribution in [1.82, 2.24) is 5.32 Å². The largest absolute Gasteiger partial charge is 0.494 e. The molecule has 0 spiro atoms. The molecular weight excluding hydrogens is 238 g/mol. The Hall–Kier alpha value is -0.770. The number of nitrogens with one attached hydrogen (secondary N) is 1. The molecule has 4 heteroatoms. The molecule has 0 amide bonds. The number of aliphatic hydroxyl groups is 1. The van der Waals surface area contributed by atoms with E-state index in [9.17, 15) is 0 Å². The lowest BCUT2D eigenvalue weighted by molar-refractivity contribution is 0.187. The van der Waals surface area contributed by atoms with Crippen molar-refractivity contribution in [1.29, 1.82) is 0 Å². The van der Waals surface area contributed by atoms with E-state index in [-0.39, 0.29) is 24.6 Å². The summed E-state index contributed by atoms with van der Waals surface area (Å²) in [5, 5.41) is 12.4. The zero-order valence-electron chi connectivity index (χ0n) is 10.7. The lowest BCUT2D eigenvalue weighted by Crippen LogP contribution is -2.42. The van der Waals surface area contributed by atoms with Crippen LogP contribution in [0.3, 0.4) is 0 Å². The predicted octanol–water partition coefficient (Wildman–Crippen LogP) is 2.37. The number of benzene rings is 1. The second kappa shape index (κ2) is 7.54. The molecule has 0 unspecified atom stereocenters. The Morgan fingerprint density at radius 2 is 1.94 bits per heavy atom. The van der Waals surface area contributed by atoms with Gasteiger partial charge in [0.15, 0.2) is 0 Å². The van der Waals surface area contributed by atoms with E-state index in [1.807, 2.05) is 45.0 Å². The van der Waals surface area contributed by atoms with Crippen LogP contribution in [0.4, 0.5) is 0 Å². The smallest absolute Gasteiger partial charge is 0.123 e. The highest BCUT2D eigenvalue weighted by Crippen LogP contribution is 2.18. The predicted molar refractivity (Wildman–Crippen MR) is 72.9 cm³/mol. The number of aliphatic hydroxyl groups excluding tert-OH is 1. The van der Waals surface area contributed by atoms with E-state index in [0.717, 1.165) is 11.3 Å². The summed E-state index contributed by atoms with van der Waals surface area (Å²) in [5.74, 6) is 0.909. The maximum Gasteiger partial charge on any atom is 0.123 e. The molecule has 98 valence electrons. The highest BCUT2D eigenvalue weighted by molar-refractivity contribution is 5.85. The molecule has 17 heavy (non-hydrogen) atoms. The molecule has 0 aliphatic carbocycles. The fourth-order valence-electron chi connectivity index (χ4n) is 1.34. The van der Waals surface area contributed by atoms with Crippen molar-refractivity contribution in [3.05, 3.63) is 29.8 Å². The minimum atomic E-state index is -0.265. The summed E-state index contributed by atoms with van der Waals surface area (Å²) in [5.41, 5.74) is 0.852. The van der Waals surface area contributed by atoms with E-state index < -0.39 is 0 Å². The van der Waals surface area contributed by atoms with Crippen LogP contribution in [0.2, 0.25) is 0 Å². The van der Waals surface area contributed by atoms with Gasteiger partial charge in [0.05, 0.1) is 13.2 Å². The van der Waals surface area contributed by atoms with Gasteiger partial charge in [-0.2, -0.15) is 0 Å². The van der Waals surface area contributed by atoms with Crippen LogP contribution in [0, 0.1) is 0 Å². The van der Waals surface area contributed by atoms with E-state index in [1.54, 1.807) is 0 Å². The van der Waals surface area contributed by atoms with Crippen LogP contribution in [0.1, 0.15) is 26.3 Å². The van der Waals surface area contributed by atoms with Crippen LogP contribution >= 0.6 is 12.4 Å². The van der Waals surface area contributed by atoms with Gasteiger partial charge in [-0.1, -0.05) is 18.2 Å². The first-order chi connectivity index (χ1) is 7.59. The molecule has 0 atom stereocenters. The van der Waals surface area contributed by atoms with Crippen molar-refractivity contribution >= 4 is 12.4 Å². The molecule has 2 N–H and O–H groups in total. The van der Waals surface area contributed by atoms with Crippen molar-refractivity contribution in [2.24, 2.45) is 0 Å². The topological polar surface area (TPSA) is 41.5 Å². The molecule has 0 fully saturated rings. The normalized spacial score (nSPS) is 10.8. The van der Waals surface area contributed by atoms with Gasteiger partial charge >= 0.3 is 0 Å². The zero-order valence-corrected chi connectivity index (χ0v) is 11.5. The summed E-state index contributed by atoms with van der Waals surface area (Å²) in [6.45, 7) is 7.39. The van der Waals surface area contributed by atoms with Crippen LogP contribution in [0.5, 0.6) is 5.75 Å². The summed E-state index contributed by atoms with van der Waals surface area (Å²) in [6, 6.07) is 7.95. The number of para-hydroxylation sites is 1. The Balaban J connectivity index is 0.00000256. The lowest BCUT2D eigenvalue weighted by atomic mass is 10.1. The van der Waals surface area contributed by atoms with Crippen molar-refractivity contribution in [2.75, 3.05) is 13.2 Å². The SMILES string of the molecule is CCOc1ccccc1CNC(C)(C)CO.Cl. The molecular formula is C13H22ClNO2. The number of hydrogen-bond donors (Lipinski definition) is 2. The van der Waals surface area contributed by atoms with E-state index in [0.29, 0.717) is 13.2 Å². The zero-order chi connectivity index (χ0) is 12.0. The van der Waals surface area contributed by atoms with Crippen LogP contribution in [-0.4, -0.2) is 23.9 Å². The van der Waals surface area contributed by atoms with Gasteiger partial charge in [0.2, 0.25) is 0 Å². The molecule has 0 aliphatic heterocycles. The van der Waals surface area contributed by atoms with E-state index in [2.05, 4.69) is 5.32 Å². The maximum atomic E-state index is 9.15. The van der Waals surface area contributed by atoms with Crippen LogP contribution < -0.4 is 10.1 Å². The molecule has 0 saturated heterocycles. The first kappa shape index (κ1) is 16.2. The second-order valence-corrected chi connectivity index (χ2v) is 4.44. The Labute approximate surface area is 110 Å². The maximum absolute atomic E-state index is 9.15. The highest BCUT2D eigenvalue weighted by Gasteiger charge is 2.15. The average molecular weight is 260 g/mol. The van der Waals surface area contributed by atoms with Gasteiger partial charge in [0.1, 0.15) is 5.75 Å². The van der Waals surface area contributed by atoms with Gasteiger partial charge in [-0.15, -0.1) is 12.4 Å². The van der Waals surface area contributed by atoms with Gasteiger partial charge in [-0.3, -0.25) is 0 Å². The van der Waals surface area contributed by atoms with E-state index in [4.69, 9.17) is 9.84 Å². The fourth-order valence-corrected chi connectivity index (χ4v) is 1.34. The Morgan fingerprint density at radius 1 is 1.29 bits per heavy atom. The minimum Gasteiger partial charge on any atom is -0.494 e. The third-order valence-electron chi connectivity index (χ3n) is 2.43. The second-order valence-electron chi connectivity index (χ2n) is 4.44. The Bertz CT molecular complexity index is 329. The standard InChI is InChI=1S/C13H21NO2.ClH/c1-4-16-12-8-6-5-7-11(12)9-14-13(2,3)10-15;/h5-8,14-15H,4,9-10H2,1-3H3;1H. The van der Waals surface area contributed by atoms with Gasteiger partial charge < -0.3 is 15.2 Å². The van der Waals surface area contributed by atoms with Gasteiger partial charge in [-0.05, 0) is 26.8 Å². The number of ether oxygens (including phenoxy) is 1. The van der Waals surface area contributed by atoms with Crippen molar-refractivity contribution in [2.45, 2.75) is 32.9 Å². The summed E-state index contributed by atoms with van der Waals surface area (Å²) < 4.78 is 5.53. The average Bonchev–Trinajstić information content (AvgIpc) is 2.28. The fraction of sp³-hybridized carbons (Fsp3) is 0.538. The van der Waals surface area contributed by atoms with Crippen molar-refractivity contribution < 1.29 is 9.84 Å². The van der Waals surface area contributed by atoms with Crippen LogP contribution in [0.25, 0.3) is 0 Å². The molecule has 0 aromatic heterocycles. The van der Waals surface area contributed by atoms with Gasteiger partial charge in [0, 0.05) is 17.6 Å². The molecule has 1 aromatic rings. The Morgan fingerprint density at radius 3 is 2.53 bits per heavy atom. The molecule has 0 saturated carbocycles. The number of rotatable bonds is 6. The first-order valence-electron chi connectivity index (χ1n) is 5.65. The van der Waals surface area contributed by atoms with E-state index in [1.165, 1.54) is 0 Å². The summed E-state index contributed by atoms with van der Waals surface area (Å²) in [4.78, 5) is 0. The van der Waals surface area contributed by atoms with Crippen LogP contribution in [-0.2, 0) is 6.54 Å². The molecule has 1 aromatic carbocycles. The van der Waals surface area contributed by atoms with E-state index >= 15 is 0 Å². The molecule has 0 bridgehead atoms. The first-order valence-corrected chi connectivity index (χ1v) is 5.65. The quantitative estimate of drug-likeness (QED) is 0.824. The molecule has 1 rings (SSSR count). The number of halogens is 1. The lowest BCUT2D eigenvalue weighted by Gasteiger charge is -2.24. The third kappa shape index (κ3) is 5.39. The molecule has 3 nitrogen and oxygen atoms in total. The van der Waals surface area contributed by atoms with Crippen molar-refractivity contribution in [3.63, 3.8) is 0 Å². The minimum absolute atomic E-state index is 0. The highest BCUT2D eigenvalue weighted by atomic mass is 35.5. The monoisotopic (exact) mass is 259 g/mol. The van der Waals surface area contributed by atoms with Gasteiger partial charge in [-0.25, -0.2) is 0 Å². The summed E-state index contributed by atoms with van der Waals surface area (Å²) in [7, 11) is 0. The Kier molecular flexibility index (Phi) is 7.19. The van der Waals surface area contributed by atoms with Gasteiger partial charge in [0.25, 0.3) is 0 Å². The van der Waals surface area contributed by atoms with Crippen LogP contribution in [0.15, 0.2) is 24.3 Å². The summed E-state index contributed by atoms with van der Waals surface area (Å²) >= 11 is 0. The molecule has 0 radical (unpaired) electrons. The van der Waals surface area contributed by atoms with Crippen molar-refractivity contribution in [3.8, 4) is 5.75 Å². The third-order valence-corrected chi connectivity index (χ3v) is 2.43. The number of hydrogen-bond acceptors (Lipinski definition) is 3.